The molecular formula is C22H26N6O2. The van der Waals surface area contributed by atoms with Gasteiger partial charge in [-0.3, -0.25) is 18.5 Å². The number of hydrogen-bond donors (Lipinski definition) is 0. The maximum Gasteiger partial charge on any atom is 0.332 e. The van der Waals surface area contributed by atoms with Crippen LogP contribution in [-0.4, -0.2) is 28.5 Å². The molecule has 1 aromatic carbocycles. The van der Waals surface area contributed by atoms with Gasteiger partial charge in [-0.1, -0.05) is 23.8 Å². The van der Waals surface area contributed by atoms with E-state index in [1.807, 2.05) is 31.4 Å². The van der Waals surface area contributed by atoms with Gasteiger partial charge in [-0.15, -0.1) is 0 Å². The highest BCUT2D eigenvalue weighted by molar-refractivity contribution is 5.73. The summed E-state index contributed by atoms with van der Waals surface area (Å²) in [6.45, 7) is 10.5. The molecule has 3 aromatic heterocycles. The van der Waals surface area contributed by atoms with Gasteiger partial charge >= 0.3 is 5.69 Å². The smallest absolute Gasteiger partial charge is 0.298 e. The Morgan fingerprint density at radius 2 is 1.73 bits per heavy atom. The van der Waals surface area contributed by atoms with Gasteiger partial charge in [0, 0.05) is 19.3 Å². The number of imidazole rings is 1. The van der Waals surface area contributed by atoms with Crippen LogP contribution in [0.2, 0.25) is 0 Å². The molecule has 4 aromatic rings. The van der Waals surface area contributed by atoms with Gasteiger partial charge in [-0.25, -0.2) is 9.48 Å². The maximum absolute atomic E-state index is 13.3. The summed E-state index contributed by atoms with van der Waals surface area (Å²) in [5.74, 6) is 0.525. The van der Waals surface area contributed by atoms with E-state index in [0.717, 1.165) is 28.1 Å². The van der Waals surface area contributed by atoms with E-state index in [9.17, 15) is 9.59 Å². The number of hydrogen-bond acceptors (Lipinski definition) is 4. The summed E-state index contributed by atoms with van der Waals surface area (Å²) in [7, 11) is 1.65. The summed E-state index contributed by atoms with van der Waals surface area (Å²) < 4.78 is 6.30. The Kier molecular flexibility index (Phi) is 4.72. The minimum atomic E-state index is -0.369. The molecule has 0 saturated heterocycles. The van der Waals surface area contributed by atoms with Gasteiger partial charge in [0.2, 0.25) is 5.95 Å². The van der Waals surface area contributed by atoms with Crippen molar-refractivity contribution in [2.75, 3.05) is 0 Å². The van der Waals surface area contributed by atoms with Crippen LogP contribution in [0.5, 0.6) is 0 Å². The van der Waals surface area contributed by atoms with Gasteiger partial charge in [0.25, 0.3) is 5.56 Å². The Balaban J connectivity index is 2.12. The Labute approximate surface area is 174 Å². The zero-order valence-electron chi connectivity index (χ0n) is 18.2. The lowest BCUT2D eigenvalue weighted by molar-refractivity contribution is 0.633. The summed E-state index contributed by atoms with van der Waals surface area (Å²) in [5.41, 5.74) is 5.20. The molecule has 0 unspecified atom stereocenters. The van der Waals surface area contributed by atoms with Crippen molar-refractivity contribution >= 4 is 11.2 Å². The van der Waals surface area contributed by atoms with Crippen LogP contribution in [0, 0.1) is 27.7 Å². The molecule has 4 rings (SSSR count). The minimum Gasteiger partial charge on any atom is -0.298 e. The van der Waals surface area contributed by atoms with Crippen molar-refractivity contribution in [1.82, 2.24) is 28.5 Å². The fourth-order valence-corrected chi connectivity index (χ4v) is 3.92. The summed E-state index contributed by atoms with van der Waals surface area (Å²) in [4.78, 5) is 30.7. The second-order valence-corrected chi connectivity index (χ2v) is 7.83. The van der Waals surface area contributed by atoms with Crippen LogP contribution in [0.25, 0.3) is 17.1 Å². The van der Waals surface area contributed by atoms with E-state index < -0.39 is 0 Å². The van der Waals surface area contributed by atoms with Gasteiger partial charge in [-0.2, -0.15) is 10.1 Å². The third kappa shape index (κ3) is 2.99. The van der Waals surface area contributed by atoms with Gasteiger partial charge in [-0.05, 0) is 51.8 Å². The first-order chi connectivity index (χ1) is 14.2. The first-order valence-electron chi connectivity index (χ1n) is 10.0. The molecule has 3 heterocycles. The minimum absolute atomic E-state index is 0.297. The van der Waals surface area contributed by atoms with E-state index in [4.69, 9.17) is 4.98 Å². The number of fused-ring (bicyclic) bond motifs is 1. The molecule has 0 aliphatic carbocycles. The molecule has 0 bridgehead atoms. The van der Waals surface area contributed by atoms with Crippen molar-refractivity contribution in [2.45, 2.75) is 47.7 Å². The third-order valence-corrected chi connectivity index (χ3v) is 5.56. The predicted octanol–water partition coefficient (Wildman–Crippen LogP) is 2.38. The summed E-state index contributed by atoms with van der Waals surface area (Å²) >= 11 is 0. The zero-order valence-corrected chi connectivity index (χ0v) is 18.2. The van der Waals surface area contributed by atoms with E-state index >= 15 is 0 Å². The number of aromatic nitrogens is 6. The van der Waals surface area contributed by atoms with Crippen molar-refractivity contribution in [3.05, 3.63) is 73.2 Å². The normalized spacial score (nSPS) is 11.5. The molecule has 0 fully saturated rings. The van der Waals surface area contributed by atoms with Crippen LogP contribution in [0.4, 0.5) is 0 Å². The van der Waals surface area contributed by atoms with Crippen molar-refractivity contribution in [3.63, 3.8) is 0 Å². The monoisotopic (exact) mass is 406 g/mol. The summed E-state index contributed by atoms with van der Waals surface area (Å²) in [5, 5.41) is 4.58. The molecule has 0 saturated carbocycles. The molecule has 30 heavy (non-hydrogen) atoms. The highest BCUT2D eigenvalue weighted by atomic mass is 16.2. The van der Waals surface area contributed by atoms with Gasteiger partial charge in [0.1, 0.15) is 0 Å². The second kappa shape index (κ2) is 7.12. The fraction of sp³-hybridized carbons (Fsp3) is 0.364. The van der Waals surface area contributed by atoms with Crippen LogP contribution in [-0.2, 0) is 20.1 Å². The number of nitrogens with zero attached hydrogens (tertiary/aromatic N) is 6. The molecule has 0 aliphatic rings. The maximum atomic E-state index is 13.3. The summed E-state index contributed by atoms with van der Waals surface area (Å²) in [6.07, 6.45) is 0. The second-order valence-electron chi connectivity index (χ2n) is 7.83. The molecule has 156 valence electrons. The lowest BCUT2D eigenvalue weighted by Crippen LogP contribution is -2.39. The highest BCUT2D eigenvalue weighted by Gasteiger charge is 2.22. The molecule has 0 atom stereocenters. The van der Waals surface area contributed by atoms with Crippen molar-refractivity contribution in [1.29, 1.82) is 0 Å². The molecule has 0 N–H and O–H groups in total. The zero-order chi connectivity index (χ0) is 21.7. The van der Waals surface area contributed by atoms with Crippen LogP contribution in [0.3, 0.4) is 0 Å². The average molecular weight is 406 g/mol. The molecule has 0 amide bonds. The summed E-state index contributed by atoms with van der Waals surface area (Å²) in [6, 6.07) is 8.23. The molecule has 8 heteroatoms. The largest absolute Gasteiger partial charge is 0.332 e. The van der Waals surface area contributed by atoms with Gasteiger partial charge in [0.05, 0.1) is 12.2 Å². The van der Waals surface area contributed by atoms with E-state index in [0.29, 0.717) is 30.2 Å². The molecule has 0 spiro atoms. The van der Waals surface area contributed by atoms with Crippen LogP contribution in [0.15, 0.2) is 33.9 Å². The van der Waals surface area contributed by atoms with Crippen molar-refractivity contribution in [2.24, 2.45) is 7.05 Å². The van der Waals surface area contributed by atoms with Crippen molar-refractivity contribution < 1.29 is 0 Å². The number of benzene rings is 1. The Morgan fingerprint density at radius 1 is 1.00 bits per heavy atom. The third-order valence-electron chi connectivity index (χ3n) is 5.56. The highest BCUT2D eigenvalue weighted by Crippen LogP contribution is 2.21. The fourth-order valence-electron chi connectivity index (χ4n) is 3.92. The number of rotatable bonds is 4. The van der Waals surface area contributed by atoms with E-state index in [1.165, 1.54) is 9.13 Å². The van der Waals surface area contributed by atoms with Gasteiger partial charge in [0.15, 0.2) is 11.2 Å². The molecule has 0 radical (unpaired) electrons. The van der Waals surface area contributed by atoms with E-state index in [1.54, 1.807) is 18.7 Å². The van der Waals surface area contributed by atoms with E-state index in [-0.39, 0.29) is 11.2 Å². The first kappa shape index (κ1) is 19.9. The Hall–Kier alpha value is -3.42. The predicted molar refractivity (Wildman–Crippen MR) is 117 cm³/mol. The lowest BCUT2D eigenvalue weighted by atomic mass is 10.1. The van der Waals surface area contributed by atoms with Crippen molar-refractivity contribution in [3.8, 4) is 5.95 Å². The van der Waals surface area contributed by atoms with Crippen LogP contribution < -0.4 is 11.2 Å². The standard InChI is InChI=1S/C22H26N6O2/c1-7-26-20(29)18-19(25(6)22(26)30)23-21(28-16(5)11-15(4)24-28)27(18)12-17-10-13(2)8-9-14(17)3/h8-11H,7,12H2,1-6H3. The molecule has 8 nitrogen and oxygen atoms in total. The molecular weight excluding hydrogens is 380 g/mol. The molecule has 0 aliphatic heterocycles. The quantitative estimate of drug-likeness (QED) is 0.521. The topological polar surface area (TPSA) is 79.6 Å². The van der Waals surface area contributed by atoms with Crippen LogP contribution in [0.1, 0.15) is 35.0 Å². The average Bonchev–Trinajstić information content (AvgIpc) is 3.23. The Morgan fingerprint density at radius 3 is 2.37 bits per heavy atom. The first-order valence-corrected chi connectivity index (χ1v) is 10.0. The Bertz CT molecular complexity index is 1400. The van der Waals surface area contributed by atoms with Crippen LogP contribution >= 0.6 is 0 Å². The number of aryl methyl sites for hydroxylation is 5. The lowest BCUT2D eigenvalue weighted by Gasteiger charge is -2.13. The van der Waals surface area contributed by atoms with E-state index in [2.05, 4.69) is 30.2 Å². The SMILES string of the molecule is CCn1c(=O)c2c(nc(-n3nc(C)cc3C)n2Cc2cc(C)ccc2C)n(C)c1=O. The van der Waals surface area contributed by atoms with Gasteiger partial charge < -0.3 is 0 Å².